The highest BCUT2D eigenvalue weighted by atomic mass is 16.4. The van der Waals surface area contributed by atoms with E-state index in [0.717, 1.165) is 57.5 Å². The van der Waals surface area contributed by atoms with E-state index in [0.29, 0.717) is 52.2 Å². The Bertz CT molecular complexity index is 1560. The van der Waals surface area contributed by atoms with E-state index in [9.17, 15) is 15.0 Å². The second-order valence-electron chi connectivity index (χ2n) is 14.7. The zero-order chi connectivity index (χ0) is 30.7. The summed E-state index contributed by atoms with van der Waals surface area (Å²) in [5, 5.41) is 28.3. The monoisotopic (exact) mass is 607 g/mol. The molecule has 4 unspecified atom stereocenters. The summed E-state index contributed by atoms with van der Waals surface area (Å²) >= 11 is 0. The Balaban J connectivity index is 0.910. The minimum Gasteiger partial charge on any atom is -0.507 e. The molecule has 8 nitrogen and oxygen atoms in total. The highest BCUT2D eigenvalue weighted by molar-refractivity contribution is 5.74. The van der Waals surface area contributed by atoms with Gasteiger partial charge in [-0.25, -0.2) is 0 Å². The molecule has 5 aliphatic rings. The van der Waals surface area contributed by atoms with Gasteiger partial charge >= 0.3 is 5.97 Å². The van der Waals surface area contributed by atoms with E-state index in [4.69, 9.17) is 5.73 Å². The number of rotatable bonds is 6. The van der Waals surface area contributed by atoms with Crippen LogP contribution in [0.5, 0.6) is 5.75 Å². The van der Waals surface area contributed by atoms with Gasteiger partial charge in [-0.05, 0) is 129 Å². The number of aromatic hydroxyl groups is 1. The Morgan fingerprint density at radius 2 is 1.67 bits per heavy atom. The number of benzene rings is 2. The summed E-state index contributed by atoms with van der Waals surface area (Å²) in [4.78, 5) is 16.4. The van der Waals surface area contributed by atoms with Gasteiger partial charge in [-0.3, -0.25) is 4.79 Å². The van der Waals surface area contributed by atoms with Crippen molar-refractivity contribution in [1.29, 1.82) is 0 Å². The highest BCUT2D eigenvalue weighted by Gasteiger charge is 2.61. The molecule has 4 N–H and O–H groups in total. The molecule has 236 valence electrons. The number of aliphatic carboxylic acids is 1. The van der Waals surface area contributed by atoms with Crippen LogP contribution in [0, 0.1) is 23.7 Å². The van der Waals surface area contributed by atoms with Crippen LogP contribution in [0.3, 0.4) is 0 Å². The maximum absolute atomic E-state index is 11.3. The Morgan fingerprint density at radius 3 is 2.40 bits per heavy atom. The number of anilines is 2. The smallest absolute Gasteiger partial charge is 0.306 e. The van der Waals surface area contributed by atoms with Crippen LogP contribution in [0.1, 0.15) is 74.8 Å². The molecule has 3 heterocycles. The number of nitrogens with two attached hydrogens (primary N) is 1. The normalized spacial score (nSPS) is 31.7. The minimum absolute atomic E-state index is 0.132. The first kappa shape index (κ1) is 28.8. The molecular weight excluding hydrogens is 562 g/mol. The second-order valence-corrected chi connectivity index (χ2v) is 14.7. The molecule has 8 rings (SSSR count). The van der Waals surface area contributed by atoms with E-state index < -0.39 is 5.97 Å². The fraction of sp³-hybridized carbons (Fsp3) is 0.541. The number of phenolic OH excluding ortho intramolecular Hbond substituents is 1. The zero-order valence-electron chi connectivity index (χ0n) is 26.0. The molecule has 45 heavy (non-hydrogen) atoms. The van der Waals surface area contributed by atoms with Crippen LogP contribution in [-0.4, -0.2) is 63.5 Å². The van der Waals surface area contributed by atoms with E-state index in [1.165, 1.54) is 37.7 Å². The average Bonchev–Trinajstić information content (AvgIpc) is 3.25. The number of carbonyl (C=O) groups is 1. The lowest BCUT2D eigenvalue weighted by Gasteiger charge is -2.54. The van der Waals surface area contributed by atoms with E-state index in [1.54, 1.807) is 11.6 Å². The standard InChI is InChI=1S/C37H45N5O3/c38-35-33(18-32(39-40-35)30-3-1-2-4-34(30)43)42-21-23-17-31-27(22-42)20-37(31,19-23)28-9-5-24(6-10-28)25-13-15-41(16-14-25)29-11-7-26(8-12-29)36(44)45/h1-6,9-10,18,23,25-27,29,31,43H,7-8,11-17,19-22H2,(H2,38,40)(H,44,45)/t23?,26-,27?,29-,31?,37?. The van der Waals surface area contributed by atoms with Gasteiger partial charge in [0.15, 0.2) is 5.82 Å². The number of aromatic nitrogens is 2. The van der Waals surface area contributed by atoms with Crippen LogP contribution in [-0.2, 0) is 10.2 Å². The quantitative estimate of drug-likeness (QED) is 0.310. The first-order chi connectivity index (χ1) is 21.9. The number of phenols is 1. The Hall–Kier alpha value is -3.65. The van der Waals surface area contributed by atoms with Crippen LogP contribution < -0.4 is 10.6 Å². The van der Waals surface area contributed by atoms with Crippen molar-refractivity contribution >= 4 is 17.5 Å². The molecule has 0 spiro atoms. The van der Waals surface area contributed by atoms with Crippen molar-refractivity contribution in [3.63, 3.8) is 0 Å². The van der Waals surface area contributed by atoms with E-state index in [1.807, 2.05) is 24.3 Å². The molecule has 3 aliphatic carbocycles. The summed E-state index contributed by atoms with van der Waals surface area (Å²) in [5.74, 6) is 2.53. The van der Waals surface area contributed by atoms with Crippen molar-refractivity contribution in [2.24, 2.45) is 23.7 Å². The predicted octanol–water partition coefficient (Wildman–Crippen LogP) is 6.06. The molecule has 3 saturated carbocycles. The molecular formula is C37H45N5O3. The number of nitrogens with zero attached hydrogens (tertiary/aromatic N) is 4. The predicted molar refractivity (Wildman–Crippen MR) is 175 cm³/mol. The second kappa shape index (κ2) is 11.3. The summed E-state index contributed by atoms with van der Waals surface area (Å²) in [6, 6.07) is 19.6. The molecule has 0 amide bonds. The summed E-state index contributed by atoms with van der Waals surface area (Å²) in [6.45, 7) is 4.24. The lowest BCUT2D eigenvalue weighted by Crippen LogP contribution is -2.53. The van der Waals surface area contributed by atoms with Gasteiger partial charge in [0, 0.05) is 24.7 Å². The zero-order valence-corrected chi connectivity index (χ0v) is 26.0. The van der Waals surface area contributed by atoms with Gasteiger partial charge < -0.3 is 25.7 Å². The maximum Gasteiger partial charge on any atom is 0.306 e. The van der Waals surface area contributed by atoms with Crippen molar-refractivity contribution < 1.29 is 15.0 Å². The summed E-state index contributed by atoms with van der Waals surface area (Å²) in [5.41, 5.74) is 12.0. The summed E-state index contributed by atoms with van der Waals surface area (Å²) in [7, 11) is 0. The minimum atomic E-state index is -0.612. The largest absolute Gasteiger partial charge is 0.507 e. The molecule has 2 aliphatic heterocycles. The molecule has 3 aromatic rings. The van der Waals surface area contributed by atoms with E-state index >= 15 is 0 Å². The first-order valence-corrected chi connectivity index (χ1v) is 17.1. The molecule has 0 radical (unpaired) electrons. The number of carboxylic acids is 1. The number of nitrogen functional groups attached to an aromatic ring is 1. The first-order valence-electron chi connectivity index (χ1n) is 17.1. The molecule has 8 heteroatoms. The lowest BCUT2D eigenvalue weighted by atomic mass is 9.52. The van der Waals surface area contributed by atoms with Crippen molar-refractivity contribution in [1.82, 2.24) is 15.1 Å². The number of fused-ring (bicyclic) bond motifs is 1. The number of piperidine rings is 1. The molecule has 2 aromatic carbocycles. The Morgan fingerprint density at radius 1 is 0.911 bits per heavy atom. The molecule has 4 atom stereocenters. The van der Waals surface area contributed by atoms with Gasteiger partial charge in [0.05, 0.1) is 17.3 Å². The number of likely N-dealkylation sites (tertiary alicyclic amines) is 1. The third-order valence-electron chi connectivity index (χ3n) is 12.4. The number of hydrogen-bond donors (Lipinski definition) is 3. The van der Waals surface area contributed by atoms with Crippen LogP contribution in [0.25, 0.3) is 11.3 Å². The van der Waals surface area contributed by atoms with Crippen molar-refractivity contribution in [2.75, 3.05) is 36.8 Å². The van der Waals surface area contributed by atoms with Gasteiger partial charge in [-0.15, -0.1) is 10.2 Å². The SMILES string of the molecule is Nc1nnc(-c2ccccc2O)cc1N1CC2CC3C(C1)CC3(c1ccc(C3CCN([C@H]4CC[C@H](C(=O)O)CC4)CC3)cc1)C2. The summed E-state index contributed by atoms with van der Waals surface area (Å²) in [6.07, 6.45) is 9.87. The fourth-order valence-corrected chi connectivity index (χ4v) is 10.1. The molecule has 1 aromatic heterocycles. The van der Waals surface area contributed by atoms with E-state index in [2.05, 4.69) is 44.3 Å². The van der Waals surface area contributed by atoms with Crippen LogP contribution >= 0.6 is 0 Å². The van der Waals surface area contributed by atoms with Gasteiger partial charge in [-0.1, -0.05) is 36.4 Å². The molecule has 2 saturated heterocycles. The maximum atomic E-state index is 11.3. The topological polar surface area (TPSA) is 116 Å². The fourth-order valence-electron chi connectivity index (χ4n) is 10.1. The third kappa shape index (κ3) is 5.05. The number of hydrogen-bond acceptors (Lipinski definition) is 7. The van der Waals surface area contributed by atoms with E-state index in [-0.39, 0.29) is 11.7 Å². The van der Waals surface area contributed by atoms with Gasteiger partial charge in [0.25, 0.3) is 0 Å². The van der Waals surface area contributed by atoms with Gasteiger partial charge in [-0.2, -0.15) is 0 Å². The third-order valence-corrected chi connectivity index (χ3v) is 12.4. The average molecular weight is 608 g/mol. The van der Waals surface area contributed by atoms with Crippen LogP contribution in [0.4, 0.5) is 11.5 Å². The Labute approximate surface area is 265 Å². The highest BCUT2D eigenvalue weighted by Crippen LogP contribution is 2.65. The lowest BCUT2D eigenvalue weighted by molar-refractivity contribution is -0.143. The van der Waals surface area contributed by atoms with Gasteiger partial charge in [0.2, 0.25) is 0 Å². The summed E-state index contributed by atoms with van der Waals surface area (Å²) < 4.78 is 0. The van der Waals surface area contributed by atoms with Crippen molar-refractivity contribution in [3.8, 4) is 17.0 Å². The van der Waals surface area contributed by atoms with Crippen molar-refractivity contribution in [3.05, 3.63) is 65.7 Å². The molecule has 2 bridgehead atoms. The van der Waals surface area contributed by atoms with Crippen LogP contribution in [0.15, 0.2) is 54.6 Å². The van der Waals surface area contributed by atoms with Crippen LogP contribution in [0.2, 0.25) is 0 Å². The van der Waals surface area contributed by atoms with Crippen molar-refractivity contribution in [2.45, 2.75) is 75.2 Å². The van der Waals surface area contributed by atoms with Gasteiger partial charge in [0.1, 0.15) is 5.75 Å². The number of para-hydroxylation sites is 1. The molecule has 5 fully saturated rings. The Kier molecular flexibility index (Phi) is 7.23. The number of carboxylic acid groups (broad SMARTS) is 1.